The van der Waals surface area contributed by atoms with Crippen LogP contribution in [0.2, 0.25) is 0 Å². The Morgan fingerprint density at radius 2 is 1.84 bits per heavy atom. The van der Waals surface area contributed by atoms with Gasteiger partial charge in [-0.15, -0.1) is 0 Å². The lowest BCUT2D eigenvalue weighted by atomic mass is 9.91. The maximum Gasteiger partial charge on any atom is 0.333 e. The number of nitrogens with zero attached hydrogens (tertiary/aromatic N) is 5. The van der Waals surface area contributed by atoms with Gasteiger partial charge in [-0.3, -0.25) is 9.13 Å². The van der Waals surface area contributed by atoms with Gasteiger partial charge in [-0.1, -0.05) is 0 Å². The van der Waals surface area contributed by atoms with Crippen LogP contribution < -0.4 is 11.0 Å². The minimum atomic E-state index is -3.12. The van der Waals surface area contributed by atoms with Gasteiger partial charge in [0.2, 0.25) is 16.0 Å². The zero-order valence-corrected chi connectivity index (χ0v) is 22.4. The summed E-state index contributed by atoms with van der Waals surface area (Å²) in [6.45, 7) is 3.92. The van der Waals surface area contributed by atoms with Crippen LogP contribution in [0.3, 0.4) is 0 Å². The number of aliphatic hydroxyl groups is 1. The van der Waals surface area contributed by atoms with Gasteiger partial charge in [0.15, 0.2) is 0 Å². The summed E-state index contributed by atoms with van der Waals surface area (Å²) in [6.07, 6.45) is 7.10. The van der Waals surface area contributed by atoms with Gasteiger partial charge in [0.05, 0.1) is 35.0 Å². The van der Waals surface area contributed by atoms with Crippen molar-refractivity contribution in [2.24, 2.45) is 0 Å². The molecule has 0 atom stereocenters. The van der Waals surface area contributed by atoms with Gasteiger partial charge < -0.3 is 10.4 Å². The number of hydrogen-bond acceptors (Lipinski definition) is 7. The van der Waals surface area contributed by atoms with Crippen LogP contribution in [0.1, 0.15) is 46.0 Å². The molecular weight excluding hydrogens is 511 g/mol. The molecule has 0 bridgehead atoms. The fourth-order valence-corrected chi connectivity index (χ4v) is 7.17. The summed E-state index contributed by atoms with van der Waals surface area (Å²) in [6, 6.07) is 7.47. The Labute approximate surface area is 221 Å². The number of sulfonamides is 1. The molecule has 2 N–H and O–H groups in total. The molecule has 5 rings (SSSR count). The Morgan fingerprint density at radius 3 is 2.47 bits per heavy atom. The fourth-order valence-electron chi connectivity index (χ4n) is 5.37. The van der Waals surface area contributed by atoms with Gasteiger partial charge in [0.25, 0.3) is 0 Å². The lowest BCUT2D eigenvalue weighted by Crippen LogP contribution is -2.41. The van der Waals surface area contributed by atoms with Crippen molar-refractivity contribution in [1.82, 2.24) is 23.4 Å². The highest BCUT2D eigenvalue weighted by Gasteiger charge is 2.36. The molecule has 1 saturated carbocycles. The summed E-state index contributed by atoms with van der Waals surface area (Å²) in [5.41, 5.74) is -0.0439. The molecule has 12 heteroatoms. The smallest absolute Gasteiger partial charge is 0.333 e. The van der Waals surface area contributed by atoms with E-state index in [2.05, 4.69) is 15.3 Å². The normalized spacial score (nSPS) is 22.0. The minimum Gasteiger partial charge on any atom is -0.389 e. The van der Waals surface area contributed by atoms with Gasteiger partial charge in [-0.25, -0.2) is 27.6 Å². The number of hydrogen-bond donors (Lipinski definition) is 2. The molecule has 2 aliphatic rings. The number of anilines is 1. The summed E-state index contributed by atoms with van der Waals surface area (Å²) < 4.78 is 42.7. The van der Waals surface area contributed by atoms with E-state index in [1.165, 1.54) is 33.4 Å². The predicted molar refractivity (Wildman–Crippen MR) is 142 cm³/mol. The molecule has 38 heavy (non-hydrogen) atoms. The molecule has 1 aliphatic carbocycles. The zero-order chi connectivity index (χ0) is 27.1. The van der Waals surface area contributed by atoms with E-state index in [1.54, 1.807) is 36.6 Å². The number of benzene rings is 1. The molecule has 1 saturated heterocycles. The third-order valence-electron chi connectivity index (χ3n) is 7.09. The molecule has 2 aromatic heterocycles. The van der Waals surface area contributed by atoms with Crippen LogP contribution in [0.5, 0.6) is 0 Å². The van der Waals surface area contributed by atoms with E-state index >= 15 is 0 Å². The van der Waals surface area contributed by atoms with Crippen molar-refractivity contribution >= 4 is 16.0 Å². The molecule has 3 heterocycles. The van der Waals surface area contributed by atoms with Crippen molar-refractivity contribution in [1.29, 1.82) is 0 Å². The number of imidazole rings is 1. The summed E-state index contributed by atoms with van der Waals surface area (Å²) in [7, 11) is -3.12. The standard InChI is InChI=1S/C26H33FN6O4S/c1-26(2,35)17-31-16-23(33(25(31)34)21-8-4-18(27)5-9-21)22-12-13-28-24(30-22)29-19-6-10-20(11-7-19)32-14-3-15-38(32,36)37/h4-5,8-9,12-13,16,19-20,35H,3,6-7,10-11,14-15,17H2,1-2H3,(H,28,29,30). The average Bonchev–Trinajstić information content (AvgIpc) is 3.38. The second-order valence-corrected chi connectivity index (χ2v) is 12.8. The minimum absolute atomic E-state index is 0.0495. The van der Waals surface area contributed by atoms with Crippen molar-refractivity contribution in [2.45, 2.75) is 70.2 Å². The molecule has 0 unspecified atom stereocenters. The van der Waals surface area contributed by atoms with E-state index in [1.807, 2.05) is 0 Å². The molecule has 3 aromatic rings. The maximum absolute atomic E-state index is 13.6. The van der Waals surface area contributed by atoms with Crippen LogP contribution in [0.15, 0.2) is 47.5 Å². The quantitative estimate of drug-likeness (QED) is 0.469. The van der Waals surface area contributed by atoms with E-state index < -0.39 is 21.4 Å². The van der Waals surface area contributed by atoms with Crippen LogP contribution in [-0.4, -0.2) is 66.9 Å². The molecule has 0 amide bonds. The highest BCUT2D eigenvalue weighted by molar-refractivity contribution is 7.89. The van der Waals surface area contributed by atoms with Crippen LogP contribution >= 0.6 is 0 Å². The first-order valence-electron chi connectivity index (χ1n) is 12.9. The van der Waals surface area contributed by atoms with Crippen LogP contribution in [0.25, 0.3) is 17.1 Å². The first-order chi connectivity index (χ1) is 18.0. The van der Waals surface area contributed by atoms with Crippen LogP contribution in [0.4, 0.5) is 10.3 Å². The number of nitrogens with one attached hydrogen (secondary N) is 1. The van der Waals surface area contributed by atoms with E-state index in [9.17, 15) is 22.7 Å². The Bertz CT molecular complexity index is 1450. The molecule has 204 valence electrons. The van der Waals surface area contributed by atoms with Crippen LogP contribution in [0, 0.1) is 5.82 Å². The van der Waals surface area contributed by atoms with Gasteiger partial charge in [-0.2, -0.15) is 4.31 Å². The number of halogens is 1. The lowest BCUT2D eigenvalue weighted by Gasteiger charge is -2.33. The molecule has 1 aromatic carbocycles. The molecule has 0 spiro atoms. The third-order valence-corrected chi connectivity index (χ3v) is 9.09. The summed E-state index contributed by atoms with van der Waals surface area (Å²) >= 11 is 0. The lowest BCUT2D eigenvalue weighted by molar-refractivity contribution is 0.0604. The van der Waals surface area contributed by atoms with Gasteiger partial charge in [0, 0.05) is 31.0 Å². The third kappa shape index (κ3) is 5.67. The SMILES string of the molecule is CC(C)(O)Cn1cc(-c2ccnc(NC3CCC(N4CCCS4(=O)=O)CC3)n2)n(-c2ccc(F)cc2)c1=O. The first-order valence-corrected chi connectivity index (χ1v) is 14.5. The largest absolute Gasteiger partial charge is 0.389 e. The Morgan fingerprint density at radius 1 is 1.13 bits per heavy atom. The van der Waals surface area contributed by atoms with Crippen molar-refractivity contribution < 1.29 is 17.9 Å². The Kier molecular flexibility index (Phi) is 7.14. The molecule has 1 aliphatic heterocycles. The van der Waals surface area contributed by atoms with Gasteiger partial charge in [0.1, 0.15) is 5.82 Å². The van der Waals surface area contributed by atoms with E-state index in [-0.39, 0.29) is 30.1 Å². The monoisotopic (exact) mass is 544 g/mol. The van der Waals surface area contributed by atoms with E-state index in [0.717, 1.165) is 25.7 Å². The average molecular weight is 545 g/mol. The predicted octanol–water partition coefficient (Wildman–Crippen LogP) is 2.76. The van der Waals surface area contributed by atoms with Gasteiger partial charge >= 0.3 is 5.69 Å². The highest BCUT2D eigenvalue weighted by Crippen LogP contribution is 2.30. The van der Waals surface area contributed by atoms with Crippen molar-refractivity contribution in [3.63, 3.8) is 0 Å². The Balaban J connectivity index is 1.38. The van der Waals surface area contributed by atoms with Crippen molar-refractivity contribution in [3.8, 4) is 17.1 Å². The summed E-state index contributed by atoms with van der Waals surface area (Å²) in [4.78, 5) is 22.4. The summed E-state index contributed by atoms with van der Waals surface area (Å²) in [5, 5.41) is 13.7. The molecule has 10 nitrogen and oxygen atoms in total. The van der Waals surface area contributed by atoms with Crippen LogP contribution in [-0.2, 0) is 16.6 Å². The molecular formula is C26H33FN6O4S. The highest BCUT2D eigenvalue weighted by atomic mass is 32.2. The van der Waals surface area contributed by atoms with E-state index in [0.29, 0.717) is 36.0 Å². The number of aromatic nitrogens is 4. The van der Waals surface area contributed by atoms with Gasteiger partial charge in [-0.05, 0) is 76.3 Å². The van der Waals surface area contributed by atoms with Crippen molar-refractivity contribution in [2.75, 3.05) is 17.6 Å². The molecule has 0 radical (unpaired) electrons. The number of rotatable bonds is 7. The fraction of sp³-hybridized carbons (Fsp3) is 0.500. The topological polar surface area (TPSA) is 122 Å². The van der Waals surface area contributed by atoms with E-state index in [4.69, 9.17) is 0 Å². The molecule has 2 fully saturated rings. The van der Waals surface area contributed by atoms with Crippen molar-refractivity contribution in [3.05, 3.63) is 59.0 Å². The summed E-state index contributed by atoms with van der Waals surface area (Å²) in [5.74, 6) is 0.240. The second-order valence-electron chi connectivity index (χ2n) is 10.7. The first kappa shape index (κ1) is 26.5. The Hall–Kier alpha value is -3.09. The second kappa shape index (κ2) is 10.2. The zero-order valence-electron chi connectivity index (χ0n) is 21.5. The maximum atomic E-state index is 13.6.